The van der Waals surface area contributed by atoms with E-state index in [2.05, 4.69) is 0 Å². The van der Waals surface area contributed by atoms with Gasteiger partial charge in [-0.1, -0.05) is 24.3 Å². The predicted octanol–water partition coefficient (Wildman–Crippen LogP) is 2.78. The van der Waals surface area contributed by atoms with Crippen LogP contribution >= 0.6 is 0 Å². The SMILES string of the molecule is CC(=O)N1CCc2ccccc2[C@@H]1CC(=O)N(C)Cc1cc(C(=O)O)c(C)o1. The topological polar surface area (TPSA) is 91.1 Å². The van der Waals surface area contributed by atoms with Crippen molar-refractivity contribution in [2.24, 2.45) is 0 Å². The maximum Gasteiger partial charge on any atom is 0.339 e. The van der Waals surface area contributed by atoms with Crippen molar-refractivity contribution in [2.45, 2.75) is 39.3 Å². The normalized spacial score (nSPS) is 15.8. The zero-order valence-corrected chi connectivity index (χ0v) is 16.3. The van der Waals surface area contributed by atoms with Gasteiger partial charge in [0.1, 0.15) is 17.1 Å². The molecule has 1 aliphatic heterocycles. The second-order valence-corrected chi connectivity index (χ2v) is 7.12. The first-order valence-corrected chi connectivity index (χ1v) is 9.19. The highest BCUT2D eigenvalue weighted by Crippen LogP contribution is 2.32. The Balaban J connectivity index is 1.76. The van der Waals surface area contributed by atoms with Crippen molar-refractivity contribution < 1.29 is 23.9 Å². The van der Waals surface area contributed by atoms with Crippen LogP contribution in [0.3, 0.4) is 0 Å². The van der Waals surface area contributed by atoms with Crippen molar-refractivity contribution in [3.8, 4) is 0 Å². The van der Waals surface area contributed by atoms with Crippen molar-refractivity contribution in [1.82, 2.24) is 9.80 Å². The Hall–Kier alpha value is -3.09. The third-order valence-corrected chi connectivity index (χ3v) is 5.20. The molecule has 1 N–H and O–H groups in total. The molecule has 3 rings (SSSR count). The van der Waals surface area contributed by atoms with Gasteiger partial charge in [0.2, 0.25) is 11.8 Å². The lowest BCUT2D eigenvalue weighted by Gasteiger charge is -2.37. The summed E-state index contributed by atoms with van der Waals surface area (Å²) in [6.45, 7) is 3.86. The minimum absolute atomic E-state index is 0.0530. The van der Waals surface area contributed by atoms with Crippen LogP contribution in [-0.4, -0.2) is 46.3 Å². The number of hydrogen-bond acceptors (Lipinski definition) is 4. The van der Waals surface area contributed by atoms with E-state index in [9.17, 15) is 14.4 Å². The Labute approximate surface area is 163 Å². The van der Waals surface area contributed by atoms with Crippen LogP contribution in [0.1, 0.15) is 52.4 Å². The Bertz CT molecular complexity index is 917. The number of aromatic carboxylic acids is 1. The highest BCUT2D eigenvalue weighted by molar-refractivity contribution is 5.88. The molecule has 2 aromatic rings. The number of carbonyl (C=O) groups excluding carboxylic acids is 2. The largest absolute Gasteiger partial charge is 0.478 e. The molecule has 0 radical (unpaired) electrons. The quantitative estimate of drug-likeness (QED) is 0.856. The van der Waals surface area contributed by atoms with Crippen molar-refractivity contribution >= 4 is 17.8 Å². The minimum Gasteiger partial charge on any atom is -0.478 e. The van der Waals surface area contributed by atoms with Gasteiger partial charge in [-0.2, -0.15) is 0 Å². The second-order valence-electron chi connectivity index (χ2n) is 7.12. The minimum atomic E-state index is -1.06. The van der Waals surface area contributed by atoms with Crippen molar-refractivity contribution in [1.29, 1.82) is 0 Å². The lowest BCUT2D eigenvalue weighted by Crippen LogP contribution is -2.41. The fourth-order valence-corrected chi connectivity index (χ4v) is 3.73. The average Bonchev–Trinajstić information content (AvgIpc) is 3.02. The number of hydrogen-bond donors (Lipinski definition) is 1. The number of rotatable bonds is 5. The predicted molar refractivity (Wildman–Crippen MR) is 102 cm³/mol. The third kappa shape index (κ3) is 3.93. The lowest BCUT2D eigenvalue weighted by atomic mass is 9.90. The van der Waals surface area contributed by atoms with Gasteiger partial charge >= 0.3 is 5.97 Å². The molecule has 1 aromatic carbocycles. The molecule has 0 bridgehead atoms. The molecule has 0 spiro atoms. The maximum atomic E-state index is 12.8. The monoisotopic (exact) mass is 384 g/mol. The number of carboxylic acids is 1. The molecule has 7 nitrogen and oxygen atoms in total. The number of fused-ring (bicyclic) bond motifs is 1. The summed E-state index contributed by atoms with van der Waals surface area (Å²) in [4.78, 5) is 39.3. The molecule has 1 aliphatic rings. The zero-order chi connectivity index (χ0) is 20.4. The first-order chi connectivity index (χ1) is 13.3. The highest BCUT2D eigenvalue weighted by Gasteiger charge is 2.31. The molecule has 2 amide bonds. The van der Waals surface area contributed by atoms with Crippen LogP contribution in [-0.2, 0) is 22.6 Å². The summed E-state index contributed by atoms with van der Waals surface area (Å²) < 4.78 is 5.46. The highest BCUT2D eigenvalue weighted by atomic mass is 16.4. The Morgan fingerprint density at radius 2 is 2.00 bits per heavy atom. The van der Waals surface area contributed by atoms with Gasteiger partial charge < -0.3 is 19.3 Å². The van der Waals surface area contributed by atoms with Gasteiger partial charge in [-0.15, -0.1) is 0 Å². The van der Waals surface area contributed by atoms with Crippen LogP contribution in [0, 0.1) is 6.92 Å². The molecule has 0 saturated carbocycles. The van der Waals surface area contributed by atoms with Gasteiger partial charge in [-0.3, -0.25) is 9.59 Å². The molecule has 2 heterocycles. The second kappa shape index (κ2) is 7.88. The molecule has 0 fully saturated rings. The van der Waals surface area contributed by atoms with Crippen molar-refractivity contribution in [3.63, 3.8) is 0 Å². The van der Waals surface area contributed by atoms with E-state index < -0.39 is 5.97 Å². The summed E-state index contributed by atoms with van der Waals surface area (Å²) in [6, 6.07) is 9.03. The van der Waals surface area contributed by atoms with E-state index in [-0.39, 0.29) is 36.4 Å². The number of benzene rings is 1. The molecule has 1 aromatic heterocycles. The zero-order valence-electron chi connectivity index (χ0n) is 16.3. The number of aryl methyl sites for hydroxylation is 1. The molecule has 0 aliphatic carbocycles. The van der Waals surface area contributed by atoms with Crippen molar-refractivity contribution in [2.75, 3.05) is 13.6 Å². The summed E-state index contributed by atoms with van der Waals surface area (Å²) in [5, 5.41) is 9.13. The molecular formula is C21H24N2O5. The fraction of sp³-hybridized carbons (Fsp3) is 0.381. The van der Waals surface area contributed by atoms with Crippen LogP contribution < -0.4 is 0 Å². The van der Waals surface area contributed by atoms with Gasteiger partial charge in [0.05, 0.1) is 19.0 Å². The Morgan fingerprint density at radius 1 is 1.29 bits per heavy atom. The van der Waals surface area contributed by atoms with Gasteiger partial charge in [0.25, 0.3) is 0 Å². The van der Waals surface area contributed by atoms with E-state index in [1.54, 1.807) is 18.9 Å². The van der Waals surface area contributed by atoms with Gasteiger partial charge in [-0.25, -0.2) is 4.79 Å². The first kappa shape index (κ1) is 19.7. The lowest BCUT2D eigenvalue weighted by molar-refractivity contribution is -0.136. The van der Waals surface area contributed by atoms with Crippen molar-refractivity contribution in [3.05, 3.63) is 58.5 Å². The van der Waals surface area contributed by atoms with Crippen LogP contribution in [0.4, 0.5) is 0 Å². The standard InChI is InChI=1S/C21H24N2O5/c1-13-18(21(26)27)10-16(28-13)12-22(3)20(25)11-19-17-7-5-4-6-15(17)8-9-23(19)14(2)24/h4-7,10,19H,8-9,11-12H2,1-3H3,(H,26,27)/t19-/m0/s1. The molecule has 28 heavy (non-hydrogen) atoms. The third-order valence-electron chi connectivity index (χ3n) is 5.20. The molecule has 148 valence electrons. The number of amides is 2. The van der Waals surface area contributed by atoms with E-state index in [0.717, 1.165) is 17.5 Å². The first-order valence-electron chi connectivity index (χ1n) is 9.19. The van der Waals surface area contributed by atoms with E-state index in [1.165, 1.54) is 17.9 Å². The smallest absolute Gasteiger partial charge is 0.339 e. The average molecular weight is 384 g/mol. The molecule has 0 saturated heterocycles. The van der Waals surface area contributed by atoms with Crippen LogP contribution in [0.5, 0.6) is 0 Å². The van der Waals surface area contributed by atoms with E-state index in [1.807, 2.05) is 24.3 Å². The summed E-state index contributed by atoms with van der Waals surface area (Å²) >= 11 is 0. The maximum absolute atomic E-state index is 12.8. The fourth-order valence-electron chi connectivity index (χ4n) is 3.73. The number of nitrogens with zero attached hydrogens (tertiary/aromatic N) is 2. The Kier molecular flexibility index (Phi) is 5.53. The van der Waals surface area contributed by atoms with Crippen LogP contribution in [0.15, 0.2) is 34.7 Å². The summed E-state index contributed by atoms with van der Waals surface area (Å²) in [5.41, 5.74) is 2.26. The molecule has 0 unspecified atom stereocenters. The van der Waals surface area contributed by atoms with Gasteiger partial charge in [-0.05, 0) is 30.5 Å². The number of carboxylic acid groups (broad SMARTS) is 1. The molecule has 7 heteroatoms. The van der Waals surface area contributed by atoms with E-state index in [4.69, 9.17) is 9.52 Å². The molecular weight excluding hydrogens is 360 g/mol. The van der Waals surface area contributed by atoms with Gasteiger partial charge in [0, 0.05) is 20.5 Å². The van der Waals surface area contributed by atoms with E-state index >= 15 is 0 Å². The summed E-state index contributed by atoms with van der Waals surface area (Å²) in [7, 11) is 1.65. The summed E-state index contributed by atoms with van der Waals surface area (Å²) in [5.74, 6) is -0.524. The Morgan fingerprint density at radius 3 is 2.64 bits per heavy atom. The summed E-state index contributed by atoms with van der Waals surface area (Å²) in [6.07, 6.45) is 0.943. The van der Waals surface area contributed by atoms with Gasteiger partial charge in [0.15, 0.2) is 0 Å². The number of furan rings is 1. The van der Waals surface area contributed by atoms with Crippen LogP contribution in [0.2, 0.25) is 0 Å². The van der Waals surface area contributed by atoms with E-state index in [0.29, 0.717) is 18.1 Å². The van der Waals surface area contributed by atoms with Crippen LogP contribution in [0.25, 0.3) is 0 Å². The number of carbonyl (C=O) groups is 3. The molecule has 1 atom stereocenters.